The van der Waals surface area contributed by atoms with Crippen LogP contribution in [0.25, 0.3) is 10.9 Å². The van der Waals surface area contributed by atoms with Gasteiger partial charge in [0.1, 0.15) is 5.75 Å². The fraction of sp³-hybridized carbons (Fsp3) is 0.500. The average Bonchev–Trinajstić information content (AvgIpc) is 2.95. The Morgan fingerprint density at radius 1 is 1.00 bits per heavy atom. The van der Waals surface area contributed by atoms with Crippen molar-refractivity contribution in [1.82, 2.24) is 19.0 Å². The van der Waals surface area contributed by atoms with Gasteiger partial charge in [-0.2, -0.15) is 0 Å². The molecule has 1 aromatic carbocycles. The number of amides is 1. The Bertz CT molecular complexity index is 1370. The number of anilines is 1. The number of carbonyl (C=O) groups is 1. The summed E-state index contributed by atoms with van der Waals surface area (Å²) in [7, 11) is 1.70. The number of benzene rings is 1. The van der Waals surface area contributed by atoms with Crippen LogP contribution in [-0.4, -0.2) is 57.7 Å². The molecule has 196 valence electrons. The van der Waals surface area contributed by atoms with Gasteiger partial charge in [-0.1, -0.05) is 0 Å². The van der Waals surface area contributed by atoms with Crippen LogP contribution >= 0.6 is 0 Å². The molecular weight excluding hydrogens is 470 g/mol. The fourth-order valence-electron chi connectivity index (χ4n) is 5.76. The van der Waals surface area contributed by atoms with Crippen molar-refractivity contribution in [3.05, 3.63) is 63.6 Å². The Balaban J connectivity index is 1.21. The Morgan fingerprint density at radius 2 is 1.70 bits per heavy atom. The van der Waals surface area contributed by atoms with Crippen LogP contribution in [0.5, 0.6) is 5.75 Å². The Morgan fingerprint density at radius 3 is 2.38 bits per heavy atom. The molecular formula is C28H35N5O4. The molecule has 37 heavy (non-hydrogen) atoms. The average molecular weight is 506 g/mol. The van der Waals surface area contributed by atoms with Crippen molar-refractivity contribution in [1.29, 1.82) is 0 Å². The molecule has 0 spiro atoms. The molecule has 0 N–H and O–H groups in total. The quantitative estimate of drug-likeness (QED) is 0.512. The minimum Gasteiger partial charge on any atom is -0.494 e. The second-order valence-electron chi connectivity index (χ2n) is 10.1. The summed E-state index contributed by atoms with van der Waals surface area (Å²) < 4.78 is 8.46. The lowest BCUT2D eigenvalue weighted by molar-refractivity contribution is -0.137. The largest absolute Gasteiger partial charge is 0.494 e. The molecule has 0 atom stereocenters. The second kappa shape index (κ2) is 10.8. The number of fused-ring (bicyclic) bond motifs is 1. The van der Waals surface area contributed by atoms with Gasteiger partial charge in [-0.05, 0) is 68.9 Å². The van der Waals surface area contributed by atoms with E-state index in [9.17, 15) is 14.4 Å². The minimum atomic E-state index is -0.299. The lowest BCUT2D eigenvalue weighted by Gasteiger charge is -2.38. The topological polar surface area (TPSA) is 89.7 Å². The van der Waals surface area contributed by atoms with Gasteiger partial charge in [0.15, 0.2) is 0 Å². The number of aryl methyl sites for hydroxylation is 1. The molecule has 5 rings (SSSR count). The maximum absolute atomic E-state index is 13.3. The number of pyridine rings is 1. The van der Waals surface area contributed by atoms with Crippen molar-refractivity contribution in [2.75, 3.05) is 37.7 Å². The van der Waals surface area contributed by atoms with Crippen LogP contribution in [0, 0.1) is 11.8 Å². The molecule has 0 unspecified atom stereocenters. The smallest absolute Gasteiger partial charge is 0.331 e. The van der Waals surface area contributed by atoms with Gasteiger partial charge >= 0.3 is 5.69 Å². The predicted molar refractivity (Wildman–Crippen MR) is 143 cm³/mol. The summed E-state index contributed by atoms with van der Waals surface area (Å²) in [5.41, 5.74) is 1.18. The van der Waals surface area contributed by atoms with E-state index in [4.69, 9.17) is 4.74 Å². The van der Waals surface area contributed by atoms with E-state index in [2.05, 4.69) is 9.88 Å². The number of aromatic nitrogens is 3. The molecule has 0 radical (unpaired) electrons. The Kier molecular flexibility index (Phi) is 7.30. The highest BCUT2D eigenvalue weighted by molar-refractivity contribution is 5.80. The first-order valence-corrected chi connectivity index (χ1v) is 13.3. The normalized spacial score (nSPS) is 20.3. The van der Waals surface area contributed by atoms with Crippen LogP contribution in [0.1, 0.15) is 32.6 Å². The molecule has 2 fully saturated rings. The minimum absolute atomic E-state index is 0.0219. The molecule has 3 aromatic rings. The van der Waals surface area contributed by atoms with E-state index in [0.717, 1.165) is 57.5 Å². The number of hydrogen-bond acceptors (Lipinski definition) is 6. The molecule has 1 aliphatic heterocycles. The van der Waals surface area contributed by atoms with E-state index < -0.39 is 0 Å². The summed E-state index contributed by atoms with van der Waals surface area (Å²) in [6.45, 7) is 5.89. The van der Waals surface area contributed by atoms with Crippen LogP contribution in [0.2, 0.25) is 0 Å². The van der Waals surface area contributed by atoms with Crippen LogP contribution in [0.3, 0.4) is 0 Å². The Hall–Kier alpha value is -3.62. The molecule has 1 saturated heterocycles. The summed E-state index contributed by atoms with van der Waals surface area (Å²) in [5, 5.41) is 0.489. The van der Waals surface area contributed by atoms with Gasteiger partial charge in [0.05, 0.1) is 17.5 Å². The molecule has 0 bridgehead atoms. The standard InChI is InChI=1S/C28H35N5O4/c1-3-37-23-8-9-25-24(18-23)27(35)33(28(36)30(25)2)19-20-4-6-21(7-5-20)26(34)32-16-14-31(15-17-32)22-10-12-29-13-11-22/h8-13,18,20-21H,3-7,14-17,19H2,1-2H3/t20-,21-. The second-order valence-corrected chi connectivity index (χ2v) is 10.1. The predicted octanol–water partition coefficient (Wildman–Crippen LogP) is 2.65. The summed E-state index contributed by atoms with van der Waals surface area (Å²) in [4.78, 5) is 47.9. The number of ether oxygens (including phenoxy) is 1. The molecule has 1 aliphatic carbocycles. The first-order valence-electron chi connectivity index (χ1n) is 13.3. The van der Waals surface area contributed by atoms with E-state index >= 15 is 0 Å². The highest BCUT2D eigenvalue weighted by Crippen LogP contribution is 2.31. The van der Waals surface area contributed by atoms with Gasteiger partial charge in [0.25, 0.3) is 5.56 Å². The first kappa shape index (κ1) is 25.0. The molecule has 9 nitrogen and oxygen atoms in total. The number of hydrogen-bond donors (Lipinski definition) is 0. The number of carbonyl (C=O) groups excluding carboxylic acids is 1. The van der Waals surface area contributed by atoms with E-state index in [1.54, 1.807) is 37.6 Å². The highest BCUT2D eigenvalue weighted by Gasteiger charge is 2.31. The molecule has 2 aliphatic rings. The molecule has 1 saturated carbocycles. The number of piperazine rings is 1. The third-order valence-electron chi connectivity index (χ3n) is 7.89. The van der Waals surface area contributed by atoms with E-state index in [1.807, 2.05) is 24.0 Å². The maximum atomic E-state index is 13.3. The third kappa shape index (κ3) is 5.12. The summed E-state index contributed by atoms with van der Waals surface area (Å²) in [6, 6.07) is 9.28. The highest BCUT2D eigenvalue weighted by atomic mass is 16.5. The van der Waals surface area contributed by atoms with E-state index in [0.29, 0.717) is 29.8 Å². The third-order valence-corrected chi connectivity index (χ3v) is 7.89. The molecule has 9 heteroatoms. The van der Waals surface area contributed by atoms with Gasteiger partial charge in [0.2, 0.25) is 5.91 Å². The zero-order valence-electron chi connectivity index (χ0n) is 21.6. The van der Waals surface area contributed by atoms with Crippen molar-refractivity contribution in [2.45, 2.75) is 39.2 Å². The lowest BCUT2D eigenvalue weighted by Crippen LogP contribution is -2.50. The van der Waals surface area contributed by atoms with Crippen LogP contribution in [0.4, 0.5) is 5.69 Å². The van der Waals surface area contributed by atoms with Crippen molar-refractivity contribution in [2.24, 2.45) is 18.9 Å². The van der Waals surface area contributed by atoms with Crippen molar-refractivity contribution >= 4 is 22.5 Å². The molecule has 1 amide bonds. The summed E-state index contributed by atoms with van der Waals surface area (Å²) >= 11 is 0. The maximum Gasteiger partial charge on any atom is 0.331 e. The fourth-order valence-corrected chi connectivity index (χ4v) is 5.76. The van der Waals surface area contributed by atoms with Crippen molar-refractivity contribution in [3.63, 3.8) is 0 Å². The number of rotatable bonds is 6. The Labute approximate surface area is 216 Å². The summed E-state index contributed by atoms with van der Waals surface area (Å²) in [6.07, 6.45) is 6.85. The SMILES string of the molecule is CCOc1ccc2c(c1)c(=O)n(C[C@H]1CC[C@H](C(=O)N3CCN(c4ccncc4)CC3)CC1)c(=O)n2C. The van der Waals surface area contributed by atoms with Gasteiger partial charge in [-0.3, -0.25) is 23.7 Å². The van der Waals surface area contributed by atoms with E-state index in [-0.39, 0.29) is 29.0 Å². The van der Waals surface area contributed by atoms with Crippen molar-refractivity contribution in [3.8, 4) is 5.75 Å². The zero-order chi connectivity index (χ0) is 25.9. The monoisotopic (exact) mass is 505 g/mol. The first-order chi connectivity index (χ1) is 18.0. The zero-order valence-corrected chi connectivity index (χ0v) is 21.6. The van der Waals surface area contributed by atoms with Gasteiger partial charge in [0, 0.05) is 63.8 Å². The molecule has 2 aromatic heterocycles. The lowest BCUT2D eigenvalue weighted by atomic mass is 9.81. The van der Waals surface area contributed by atoms with Gasteiger partial charge in [-0.25, -0.2) is 4.79 Å². The summed E-state index contributed by atoms with van der Waals surface area (Å²) in [5.74, 6) is 1.09. The van der Waals surface area contributed by atoms with Gasteiger partial charge in [-0.15, -0.1) is 0 Å². The van der Waals surface area contributed by atoms with Crippen LogP contribution in [-0.2, 0) is 18.4 Å². The van der Waals surface area contributed by atoms with Crippen LogP contribution < -0.4 is 20.9 Å². The molecule has 3 heterocycles. The van der Waals surface area contributed by atoms with Gasteiger partial charge < -0.3 is 14.5 Å². The number of nitrogens with zero attached hydrogens (tertiary/aromatic N) is 5. The van der Waals surface area contributed by atoms with E-state index in [1.165, 1.54) is 9.13 Å². The van der Waals surface area contributed by atoms with Crippen LogP contribution in [0.15, 0.2) is 52.3 Å². The van der Waals surface area contributed by atoms with Crippen molar-refractivity contribution < 1.29 is 9.53 Å².